The molecule has 0 saturated heterocycles. The highest BCUT2D eigenvalue weighted by Crippen LogP contribution is 2.20. The van der Waals surface area contributed by atoms with Gasteiger partial charge in [-0.1, -0.05) is 24.3 Å². The quantitative estimate of drug-likeness (QED) is 0.785. The summed E-state index contributed by atoms with van der Waals surface area (Å²) in [5.74, 6) is 0. The van der Waals surface area contributed by atoms with Gasteiger partial charge in [-0.3, -0.25) is 0 Å². The van der Waals surface area contributed by atoms with Crippen molar-refractivity contribution in [1.82, 2.24) is 0 Å². The van der Waals surface area contributed by atoms with E-state index >= 15 is 0 Å². The number of halogens is 1. The largest absolute Gasteiger partial charge is 0.380 e. The number of methoxy groups -OCH3 is 1. The van der Waals surface area contributed by atoms with Gasteiger partial charge in [0.2, 0.25) is 0 Å². The predicted molar refractivity (Wildman–Crippen MR) is 54.7 cm³/mol. The van der Waals surface area contributed by atoms with Gasteiger partial charge in [0.1, 0.15) is 6.17 Å². The van der Waals surface area contributed by atoms with Crippen molar-refractivity contribution >= 4 is 0 Å². The standard InChI is InChI=1S/C11H16FNO/c1-14-8-9-2-4-10(5-3-9)11(12)6-7-13/h2-5,11H,6-8,13H2,1H3. The maximum atomic E-state index is 13.3. The van der Waals surface area contributed by atoms with E-state index < -0.39 is 6.17 Å². The van der Waals surface area contributed by atoms with Crippen LogP contribution in [0.15, 0.2) is 24.3 Å². The van der Waals surface area contributed by atoms with Crippen LogP contribution in [-0.2, 0) is 11.3 Å². The monoisotopic (exact) mass is 197 g/mol. The third-order valence-electron chi connectivity index (χ3n) is 2.07. The molecule has 0 spiro atoms. The summed E-state index contributed by atoms with van der Waals surface area (Å²) in [7, 11) is 1.64. The zero-order valence-electron chi connectivity index (χ0n) is 8.37. The van der Waals surface area contributed by atoms with E-state index in [1.54, 1.807) is 19.2 Å². The fraction of sp³-hybridized carbons (Fsp3) is 0.455. The summed E-state index contributed by atoms with van der Waals surface area (Å²) in [4.78, 5) is 0. The summed E-state index contributed by atoms with van der Waals surface area (Å²) in [6.45, 7) is 0.940. The third kappa shape index (κ3) is 3.09. The molecule has 78 valence electrons. The minimum Gasteiger partial charge on any atom is -0.380 e. The molecule has 0 fully saturated rings. The predicted octanol–water partition coefficient (Wildman–Crippen LogP) is 2.19. The van der Waals surface area contributed by atoms with Crippen LogP contribution in [0.25, 0.3) is 0 Å². The zero-order valence-corrected chi connectivity index (χ0v) is 8.37. The van der Waals surface area contributed by atoms with Crippen molar-refractivity contribution in [3.8, 4) is 0 Å². The molecule has 1 rings (SSSR count). The van der Waals surface area contributed by atoms with Crippen LogP contribution in [0.5, 0.6) is 0 Å². The van der Waals surface area contributed by atoms with Gasteiger partial charge in [-0.05, 0) is 24.1 Å². The van der Waals surface area contributed by atoms with E-state index in [9.17, 15) is 4.39 Å². The van der Waals surface area contributed by atoms with Crippen molar-refractivity contribution in [1.29, 1.82) is 0 Å². The topological polar surface area (TPSA) is 35.2 Å². The molecule has 1 aromatic rings. The summed E-state index contributed by atoms with van der Waals surface area (Å²) >= 11 is 0. The van der Waals surface area contributed by atoms with Gasteiger partial charge in [0.15, 0.2) is 0 Å². The lowest BCUT2D eigenvalue weighted by Gasteiger charge is -2.07. The molecule has 1 unspecified atom stereocenters. The number of alkyl halides is 1. The minimum atomic E-state index is -0.948. The van der Waals surface area contributed by atoms with Gasteiger partial charge in [0.25, 0.3) is 0 Å². The number of nitrogens with two attached hydrogens (primary N) is 1. The Morgan fingerprint density at radius 1 is 1.36 bits per heavy atom. The Bertz CT molecular complexity index is 260. The molecule has 14 heavy (non-hydrogen) atoms. The molecule has 0 heterocycles. The molecule has 0 aliphatic heterocycles. The first kappa shape index (κ1) is 11.1. The maximum Gasteiger partial charge on any atom is 0.126 e. The summed E-state index contributed by atoms with van der Waals surface area (Å²) in [6, 6.07) is 7.33. The van der Waals surface area contributed by atoms with E-state index in [1.807, 2.05) is 12.1 Å². The maximum absolute atomic E-state index is 13.3. The molecule has 0 radical (unpaired) electrons. The zero-order chi connectivity index (χ0) is 10.4. The number of benzene rings is 1. The number of hydrogen-bond donors (Lipinski definition) is 1. The first-order valence-corrected chi connectivity index (χ1v) is 4.70. The molecular formula is C11H16FNO. The smallest absolute Gasteiger partial charge is 0.126 e. The number of rotatable bonds is 5. The van der Waals surface area contributed by atoms with Gasteiger partial charge < -0.3 is 10.5 Å². The Hall–Kier alpha value is -0.930. The van der Waals surface area contributed by atoms with Gasteiger partial charge in [-0.15, -0.1) is 0 Å². The van der Waals surface area contributed by atoms with Crippen LogP contribution in [-0.4, -0.2) is 13.7 Å². The fourth-order valence-electron chi connectivity index (χ4n) is 1.30. The molecule has 0 saturated carbocycles. The first-order chi connectivity index (χ1) is 6.77. The Labute approximate surface area is 83.9 Å². The summed E-state index contributed by atoms with van der Waals surface area (Å²) in [5, 5.41) is 0. The van der Waals surface area contributed by atoms with Crippen LogP contribution in [0.4, 0.5) is 4.39 Å². The van der Waals surface area contributed by atoms with Gasteiger partial charge >= 0.3 is 0 Å². The molecule has 3 heteroatoms. The van der Waals surface area contributed by atoms with Crippen LogP contribution < -0.4 is 5.73 Å². The van der Waals surface area contributed by atoms with Gasteiger partial charge in [-0.25, -0.2) is 4.39 Å². The van der Waals surface area contributed by atoms with Crippen molar-refractivity contribution in [3.63, 3.8) is 0 Å². The Balaban J connectivity index is 2.62. The fourth-order valence-corrected chi connectivity index (χ4v) is 1.30. The molecule has 2 N–H and O–H groups in total. The third-order valence-corrected chi connectivity index (χ3v) is 2.07. The van der Waals surface area contributed by atoms with Crippen LogP contribution >= 0.6 is 0 Å². The van der Waals surface area contributed by atoms with Gasteiger partial charge in [0.05, 0.1) is 6.61 Å². The summed E-state index contributed by atoms with van der Waals surface area (Å²) < 4.78 is 18.3. The normalized spacial score (nSPS) is 12.8. The average molecular weight is 197 g/mol. The van der Waals surface area contributed by atoms with Crippen LogP contribution in [0.2, 0.25) is 0 Å². The van der Waals surface area contributed by atoms with Gasteiger partial charge in [0, 0.05) is 7.11 Å². The minimum absolute atomic E-state index is 0.376. The molecular weight excluding hydrogens is 181 g/mol. The highest BCUT2D eigenvalue weighted by Gasteiger charge is 2.07. The van der Waals surface area contributed by atoms with E-state index in [2.05, 4.69) is 0 Å². The van der Waals surface area contributed by atoms with Crippen molar-refractivity contribution < 1.29 is 9.13 Å². The van der Waals surface area contributed by atoms with Crippen molar-refractivity contribution in [3.05, 3.63) is 35.4 Å². The Morgan fingerprint density at radius 2 is 2.00 bits per heavy atom. The van der Waals surface area contributed by atoms with E-state index in [0.29, 0.717) is 25.1 Å². The van der Waals surface area contributed by atoms with Crippen molar-refractivity contribution in [2.24, 2.45) is 5.73 Å². The van der Waals surface area contributed by atoms with Crippen molar-refractivity contribution in [2.45, 2.75) is 19.2 Å². The van der Waals surface area contributed by atoms with E-state index in [0.717, 1.165) is 5.56 Å². The van der Waals surface area contributed by atoms with Crippen molar-refractivity contribution in [2.75, 3.05) is 13.7 Å². The number of ether oxygens (including phenoxy) is 1. The van der Waals surface area contributed by atoms with Crippen LogP contribution in [0.3, 0.4) is 0 Å². The van der Waals surface area contributed by atoms with E-state index in [4.69, 9.17) is 10.5 Å². The first-order valence-electron chi connectivity index (χ1n) is 4.70. The lowest BCUT2D eigenvalue weighted by Crippen LogP contribution is -2.03. The molecule has 0 aromatic heterocycles. The molecule has 2 nitrogen and oxygen atoms in total. The second-order valence-corrected chi connectivity index (χ2v) is 3.22. The molecule has 1 atom stereocenters. The SMILES string of the molecule is COCc1ccc(C(F)CCN)cc1. The lowest BCUT2D eigenvalue weighted by molar-refractivity contribution is 0.185. The van der Waals surface area contributed by atoms with Gasteiger partial charge in [-0.2, -0.15) is 0 Å². The highest BCUT2D eigenvalue weighted by atomic mass is 19.1. The van der Waals surface area contributed by atoms with Crippen LogP contribution in [0, 0.1) is 0 Å². The molecule has 1 aromatic carbocycles. The Kier molecular flexibility index (Phi) is 4.56. The van der Waals surface area contributed by atoms with Crippen LogP contribution in [0.1, 0.15) is 23.7 Å². The van der Waals surface area contributed by atoms with E-state index in [1.165, 1.54) is 0 Å². The average Bonchev–Trinajstić information content (AvgIpc) is 2.20. The molecule has 0 aliphatic carbocycles. The van der Waals surface area contributed by atoms with E-state index in [-0.39, 0.29) is 0 Å². The number of hydrogen-bond acceptors (Lipinski definition) is 2. The highest BCUT2D eigenvalue weighted by molar-refractivity contribution is 5.23. The lowest BCUT2D eigenvalue weighted by atomic mass is 10.1. The Morgan fingerprint density at radius 3 is 2.50 bits per heavy atom. The molecule has 0 aliphatic rings. The second-order valence-electron chi connectivity index (χ2n) is 3.22. The second kappa shape index (κ2) is 5.73. The summed E-state index contributed by atoms with van der Waals surface area (Å²) in [6.07, 6.45) is -0.569. The molecule has 0 bridgehead atoms. The molecule has 0 amide bonds. The summed E-state index contributed by atoms with van der Waals surface area (Å²) in [5.41, 5.74) is 7.03.